The van der Waals surface area contributed by atoms with Crippen molar-refractivity contribution in [2.75, 3.05) is 6.26 Å². The molecule has 122 valence electrons. The summed E-state index contributed by atoms with van der Waals surface area (Å²) in [6, 6.07) is 6.55. The van der Waals surface area contributed by atoms with Crippen molar-refractivity contribution >= 4 is 10.1 Å². The smallest absolute Gasteiger partial charge is 0.261 e. The lowest BCUT2D eigenvalue weighted by Crippen LogP contribution is -2.37. The van der Waals surface area contributed by atoms with Gasteiger partial charge in [0.05, 0.1) is 6.26 Å². The monoisotopic (exact) mass is 316 g/mol. The van der Waals surface area contributed by atoms with Gasteiger partial charge in [-0.05, 0) is 12.8 Å². The summed E-state index contributed by atoms with van der Waals surface area (Å²) in [5.74, 6) is 0. The van der Waals surface area contributed by atoms with Crippen LogP contribution < -0.4 is 4.57 Å². The third kappa shape index (κ3) is 13.8. The number of nitrogens with zero attached hydrogens (tertiary/aromatic N) is 1. The molecule has 1 rings (SSSR count). The zero-order chi connectivity index (χ0) is 16.1. The van der Waals surface area contributed by atoms with Crippen LogP contribution in [0.5, 0.6) is 0 Å². The van der Waals surface area contributed by atoms with Crippen LogP contribution in [-0.2, 0) is 23.1 Å². The first-order chi connectivity index (χ1) is 9.88. The zero-order valence-electron chi connectivity index (χ0n) is 13.6. The number of aromatic nitrogens is 1. The average molecular weight is 316 g/mol. The SMILES string of the molecule is CCCCCCC[n+]1ccccc1CCC.CS(=O)(=O)O. The molecule has 0 saturated heterocycles. The molecule has 0 fully saturated rings. The molecule has 0 aliphatic rings. The maximum atomic E-state index is 9.19. The summed E-state index contributed by atoms with van der Waals surface area (Å²) in [6.07, 6.45) is 12.2. The van der Waals surface area contributed by atoms with Crippen LogP contribution in [0.4, 0.5) is 0 Å². The van der Waals surface area contributed by atoms with Gasteiger partial charge in [-0.2, -0.15) is 8.42 Å². The van der Waals surface area contributed by atoms with Crippen LogP contribution >= 0.6 is 0 Å². The Balaban J connectivity index is 0.000000690. The Labute approximate surface area is 130 Å². The summed E-state index contributed by atoms with van der Waals surface area (Å²) in [5.41, 5.74) is 1.49. The Morgan fingerprint density at radius 2 is 1.67 bits per heavy atom. The second-order valence-electron chi connectivity index (χ2n) is 5.28. The van der Waals surface area contributed by atoms with Crippen molar-refractivity contribution in [3.05, 3.63) is 30.1 Å². The second-order valence-corrected chi connectivity index (χ2v) is 6.75. The molecule has 0 aliphatic heterocycles. The predicted octanol–water partition coefficient (Wildman–Crippen LogP) is 3.40. The number of rotatable bonds is 8. The molecule has 1 heterocycles. The quantitative estimate of drug-likeness (QED) is 0.454. The van der Waals surface area contributed by atoms with E-state index in [2.05, 4.69) is 42.8 Å². The highest BCUT2D eigenvalue weighted by Gasteiger charge is 2.07. The summed E-state index contributed by atoms with van der Waals surface area (Å²) in [6.45, 7) is 5.71. The summed E-state index contributed by atoms with van der Waals surface area (Å²) in [5, 5.41) is 0. The summed E-state index contributed by atoms with van der Waals surface area (Å²) < 4.78 is 28.3. The van der Waals surface area contributed by atoms with Crippen LogP contribution in [0.25, 0.3) is 0 Å². The van der Waals surface area contributed by atoms with Crippen LogP contribution in [0, 0.1) is 0 Å². The van der Waals surface area contributed by atoms with Crippen molar-refractivity contribution in [2.24, 2.45) is 0 Å². The summed E-state index contributed by atoms with van der Waals surface area (Å²) in [7, 11) is -3.67. The van der Waals surface area contributed by atoms with Crippen molar-refractivity contribution < 1.29 is 17.5 Å². The molecule has 1 aromatic heterocycles. The fourth-order valence-electron chi connectivity index (χ4n) is 2.10. The molecule has 0 atom stereocenters. The summed E-state index contributed by atoms with van der Waals surface area (Å²) in [4.78, 5) is 0. The lowest BCUT2D eigenvalue weighted by atomic mass is 10.1. The number of hydrogen-bond acceptors (Lipinski definition) is 2. The van der Waals surface area contributed by atoms with Crippen LogP contribution in [0.15, 0.2) is 24.4 Å². The Bertz CT molecular complexity index is 464. The van der Waals surface area contributed by atoms with E-state index in [0.29, 0.717) is 6.26 Å². The lowest BCUT2D eigenvalue weighted by molar-refractivity contribution is -0.704. The normalized spacial score (nSPS) is 10.9. The van der Waals surface area contributed by atoms with Crippen molar-refractivity contribution in [3.8, 4) is 0 Å². The van der Waals surface area contributed by atoms with E-state index in [1.54, 1.807) is 0 Å². The fraction of sp³-hybridized carbons (Fsp3) is 0.688. The van der Waals surface area contributed by atoms with Gasteiger partial charge in [0.15, 0.2) is 11.9 Å². The first-order valence-electron chi connectivity index (χ1n) is 7.78. The summed E-state index contributed by atoms with van der Waals surface area (Å²) >= 11 is 0. The van der Waals surface area contributed by atoms with E-state index in [1.807, 2.05) is 0 Å². The van der Waals surface area contributed by atoms with Gasteiger partial charge in [0.1, 0.15) is 6.54 Å². The molecule has 0 radical (unpaired) electrons. The van der Waals surface area contributed by atoms with Crippen LogP contribution in [-0.4, -0.2) is 19.2 Å². The topological polar surface area (TPSA) is 58.2 Å². The Morgan fingerprint density at radius 3 is 2.24 bits per heavy atom. The van der Waals surface area contributed by atoms with Gasteiger partial charge in [-0.25, -0.2) is 4.57 Å². The molecular formula is C16H30NO3S+. The van der Waals surface area contributed by atoms with Crippen molar-refractivity contribution in [3.63, 3.8) is 0 Å². The zero-order valence-corrected chi connectivity index (χ0v) is 14.4. The number of aryl methyl sites for hydroxylation is 2. The van der Waals surface area contributed by atoms with Gasteiger partial charge >= 0.3 is 0 Å². The molecule has 0 aliphatic carbocycles. The van der Waals surface area contributed by atoms with Gasteiger partial charge in [0.25, 0.3) is 10.1 Å². The molecule has 0 aromatic carbocycles. The third-order valence-corrected chi connectivity index (χ3v) is 3.04. The first-order valence-corrected chi connectivity index (χ1v) is 9.63. The highest BCUT2D eigenvalue weighted by molar-refractivity contribution is 7.85. The standard InChI is InChI=1S/C15H26N.CH4O3S/c1-3-5-6-7-9-13-16-14-10-8-12-15(16)11-4-2;1-5(2,3)4/h8,10,12,14H,3-7,9,11,13H2,1-2H3;1H3,(H,2,3,4)/q+1;. The van der Waals surface area contributed by atoms with E-state index in [-0.39, 0.29) is 0 Å². The molecule has 0 saturated carbocycles. The van der Waals surface area contributed by atoms with Gasteiger partial charge in [-0.15, -0.1) is 0 Å². The molecule has 0 amide bonds. The van der Waals surface area contributed by atoms with Crippen LogP contribution in [0.3, 0.4) is 0 Å². The molecule has 5 heteroatoms. The minimum atomic E-state index is -3.67. The molecular weight excluding hydrogens is 286 g/mol. The molecule has 1 N–H and O–H groups in total. The van der Waals surface area contributed by atoms with Gasteiger partial charge in [0, 0.05) is 25.0 Å². The Hall–Kier alpha value is -0.940. The largest absolute Gasteiger partial charge is 0.286 e. The van der Waals surface area contributed by atoms with Crippen molar-refractivity contribution in [1.29, 1.82) is 0 Å². The maximum absolute atomic E-state index is 9.19. The molecule has 0 bridgehead atoms. The van der Waals surface area contributed by atoms with Crippen molar-refractivity contribution in [2.45, 2.75) is 65.3 Å². The molecule has 0 unspecified atom stereocenters. The minimum Gasteiger partial charge on any atom is -0.286 e. The lowest BCUT2D eigenvalue weighted by Gasteiger charge is -2.02. The Kier molecular flexibility index (Phi) is 11.2. The average Bonchev–Trinajstić information content (AvgIpc) is 2.39. The van der Waals surface area contributed by atoms with Crippen LogP contribution in [0.1, 0.15) is 58.1 Å². The van der Waals surface area contributed by atoms with Crippen LogP contribution in [0.2, 0.25) is 0 Å². The van der Waals surface area contributed by atoms with E-state index >= 15 is 0 Å². The molecule has 1 aromatic rings. The van der Waals surface area contributed by atoms with Crippen molar-refractivity contribution in [1.82, 2.24) is 0 Å². The van der Waals surface area contributed by atoms with Gasteiger partial charge in [-0.3, -0.25) is 4.55 Å². The molecule has 0 spiro atoms. The minimum absolute atomic E-state index is 0.715. The van der Waals surface area contributed by atoms with Gasteiger partial charge < -0.3 is 0 Å². The van der Waals surface area contributed by atoms with E-state index < -0.39 is 10.1 Å². The van der Waals surface area contributed by atoms with E-state index in [4.69, 9.17) is 4.55 Å². The second kappa shape index (κ2) is 11.7. The van der Waals surface area contributed by atoms with E-state index in [1.165, 1.54) is 57.2 Å². The van der Waals surface area contributed by atoms with Gasteiger partial charge in [-0.1, -0.05) is 39.2 Å². The fourth-order valence-corrected chi connectivity index (χ4v) is 2.10. The number of hydrogen-bond donors (Lipinski definition) is 1. The highest BCUT2D eigenvalue weighted by atomic mass is 32.2. The maximum Gasteiger partial charge on any atom is 0.261 e. The van der Waals surface area contributed by atoms with Gasteiger partial charge in [0.2, 0.25) is 0 Å². The third-order valence-electron chi connectivity index (χ3n) is 3.04. The molecule has 21 heavy (non-hydrogen) atoms. The highest BCUT2D eigenvalue weighted by Crippen LogP contribution is 2.03. The predicted molar refractivity (Wildman–Crippen MR) is 86.9 cm³/mol. The number of unbranched alkanes of at least 4 members (excludes halogenated alkanes) is 4. The molecule has 4 nitrogen and oxygen atoms in total. The Morgan fingerprint density at radius 1 is 1.05 bits per heavy atom. The first kappa shape index (κ1) is 20.1. The van der Waals surface area contributed by atoms with E-state index in [0.717, 1.165) is 0 Å². The van der Waals surface area contributed by atoms with E-state index in [9.17, 15) is 8.42 Å². The number of pyridine rings is 1.